The van der Waals surface area contributed by atoms with Gasteiger partial charge in [0.05, 0.1) is 6.61 Å². The van der Waals surface area contributed by atoms with E-state index >= 15 is 0 Å². The number of aromatic amines is 1. The van der Waals surface area contributed by atoms with Gasteiger partial charge >= 0.3 is 0 Å². The maximum Gasteiger partial charge on any atom is 0.163 e. The van der Waals surface area contributed by atoms with Crippen molar-refractivity contribution in [1.29, 1.82) is 0 Å². The summed E-state index contributed by atoms with van der Waals surface area (Å²) in [7, 11) is 0. The van der Waals surface area contributed by atoms with Gasteiger partial charge in [-0.1, -0.05) is 43.7 Å². The fourth-order valence-electron chi connectivity index (χ4n) is 2.35. The first-order chi connectivity index (χ1) is 10.9. The average molecular weight is 295 g/mol. The van der Waals surface area contributed by atoms with E-state index in [0.29, 0.717) is 13.2 Å². The number of aromatic nitrogens is 1. The fraction of sp³-hybridized carbons (Fsp3) is 0.263. The lowest BCUT2D eigenvalue weighted by Gasteiger charge is -2.13. The summed E-state index contributed by atoms with van der Waals surface area (Å²) in [6.07, 6.45) is 4.09. The van der Waals surface area contributed by atoms with E-state index in [-0.39, 0.29) is 0 Å². The second kappa shape index (κ2) is 7.03. The van der Waals surface area contributed by atoms with E-state index in [0.717, 1.165) is 40.8 Å². The van der Waals surface area contributed by atoms with Crippen LogP contribution in [0.25, 0.3) is 10.9 Å². The van der Waals surface area contributed by atoms with Crippen LogP contribution in [0.1, 0.15) is 25.3 Å². The van der Waals surface area contributed by atoms with Gasteiger partial charge in [0.1, 0.15) is 6.61 Å². The van der Waals surface area contributed by atoms with Crippen molar-refractivity contribution in [2.75, 3.05) is 6.61 Å². The molecule has 0 aliphatic heterocycles. The van der Waals surface area contributed by atoms with Crippen molar-refractivity contribution in [3.05, 3.63) is 60.3 Å². The summed E-state index contributed by atoms with van der Waals surface area (Å²) < 4.78 is 11.9. The molecule has 3 heteroatoms. The lowest BCUT2D eigenvalue weighted by molar-refractivity contribution is 0.259. The van der Waals surface area contributed by atoms with Crippen LogP contribution in [0.15, 0.2) is 54.7 Å². The Hall–Kier alpha value is -2.42. The third-order valence-corrected chi connectivity index (χ3v) is 3.61. The van der Waals surface area contributed by atoms with Gasteiger partial charge in [0.2, 0.25) is 0 Å². The van der Waals surface area contributed by atoms with Crippen molar-refractivity contribution in [3.8, 4) is 11.5 Å². The maximum absolute atomic E-state index is 5.99. The van der Waals surface area contributed by atoms with E-state index < -0.39 is 0 Å². The molecule has 3 aromatic rings. The average Bonchev–Trinajstić information content (AvgIpc) is 3.01. The van der Waals surface area contributed by atoms with E-state index in [1.165, 1.54) is 0 Å². The molecule has 114 valence electrons. The third-order valence-electron chi connectivity index (χ3n) is 3.61. The van der Waals surface area contributed by atoms with Gasteiger partial charge in [-0.05, 0) is 24.1 Å². The summed E-state index contributed by atoms with van der Waals surface area (Å²) >= 11 is 0. The topological polar surface area (TPSA) is 34.2 Å². The minimum atomic E-state index is 0.539. The first-order valence-corrected chi connectivity index (χ1v) is 7.77. The van der Waals surface area contributed by atoms with Gasteiger partial charge in [0.15, 0.2) is 11.5 Å². The lowest BCUT2D eigenvalue weighted by atomic mass is 10.2. The Kier molecular flexibility index (Phi) is 4.64. The second-order valence-corrected chi connectivity index (χ2v) is 5.34. The Morgan fingerprint density at radius 1 is 0.955 bits per heavy atom. The Morgan fingerprint density at radius 3 is 2.59 bits per heavy atom. The molecule has 0 spiro atoms. The highest BCUT2D eigenvalue weighted by Gasteiger charge is 2.09. The molecule has 0 saturated carbocycles. The molecule has 0 aliphatic carbocycles. The number of rotatable bonds is 7. The summed E-state index contributed by atoms with van der Waals surface area (Å²) in [5.74, 6) is 1.60. The summed E-state index contributed by atoms with van der Waals surface area (Å²) in [6, 6.07) is 16.3. The van der Waals surface area contributed by atoms with Gasteiger partial charge in [-0.3, -0.25) is 0 Å². The third kappa shape index (κ3) is 3.42. The molecule has 3 nitrogen and oxygen atoms in total. The van der Waals surface area contributed by atoms with Crippen LogP contribution in [-0.4, -0.2) is 11.6 Å². The number of fused-ring (bicyclic) bond motifs is 1. The molecule has 0 aliphatic rings. The molecule has 0 bridgehead atoms. The molecule has 1 heterocycles. The van der Waals surface area contributed by atoms with Crippen LogP contribution in [0, 0.1) is 0 Å². The quantitative estimate of drug-likeness (QED) is 0.627. The summed E-state index contributed by atoms with van der Waals surface area (Å²) in [4.78, 5) is 3.22. The minimum absolute atomic E-state index is 0.539. The molecule has 0 amide bonds. The van der Waals surface area contributed by atoms with E-state index in [4.69, 9.17) is 9.47 Å². The molecular formula is C19H21NO2. The summed E-state index contributed by atoms with van der Waals surface area (Å²) in [6.45, 7) is 3.41. The molecule has 0 unspecified atom stereocenters. The largest absolute Gasteiger partial charge is 0.490 e. The molecule has 1 aromatic heterocycles. The molecule has 0 radical (unpaired) electrons. The Bertz CT molecular complexity index is 719. The van der Waals surface area contributed by atoms with Crippen LogP contribution in [0.4, 0.5) is 0 Å². The highest BCUT2D eigenvalue weighted by molar-refractivity contribution is 5.83. The molecule has 2 aromatic carbocycles. The molecule has 0 saturated heterocycles. The van der Waals surface area contributed by atoms with E-state index in [2.05, 4.69) is 24.0 Å². The van der Waals surface area contributed by atoms with Crippen LogP contribution < -0.4 is 9.47 Å². The van der Waals surface area contributed by atoms with E-state index in [1.54, 1.807) is 0 Å². The zero-order valence-electron chi connectivity index (χ0n) is 12.8. The summed E-state index contributed by atoms with van der Waals surface area (Å²) in [5, 5.41) is 1.14. The number of unbranched alkanes of at least 4 members (excludes halogenated alkanes) is 1. The zero-order chi connectivity index (χ0) is 15.2. The zero-order valence-corrected chi connectivity index (χ0v) is 12.8. The molecule has 1 N–H and O–H groups in total. The Morgan fingerprint density at radius 2 is 1.77 bits per heavy atom. The standard InChI is InChI=1S/C19H21NO2/c1-2-3-11-21-18-12-16-9-10-20-17(16)13-19(18)22-14-15-7-5-4-6-8-15/h4-10,12-13,20H,2-3,11,14H2,1H3. The first kappa shape index (κ1) is 14.5. The fourth-order valence-corrected chi connectivity index (χ4v) is 2.35. The van der Waals surface area contributed by atoms with Crippen molar-refractivity contribution >= 4 is 10.9 Å². The van der Waals surface area contributed by atoms with Gasteiger partial charge in [-0.25, -0.2) is 0 Å². The molecule has 22 heavy (non-hydrogen) atoms. The van der Waals surface area contributed by atoms with Crippen LogP contribution in [0.5, 0.6) is 11.5 Å². The lowest BCUT2D eigenvalue weighted by Crippen LogP contribution is -2.01. The maximum atomic E-state index is 5.99. The van der Waals surface area contributed by atoms with Crippen molar-refractivity contribution in [3.63, 3.8) is 0 Å². The molecule has 0 fully saturated rings. The van der Waals surface area contributed by atoms with Crippen molar-refractivity contribution < 1.29 is 9.47 Å². The van der Waals surface area contributed by atoms with Gasteiger partial charge in [-0.2, -0.15) is 0 Å². The number of nitrogens with one attached hydrogen (secondary N) is 1. The van der Waals surface area contributed by atoms with Crippen molar-refractivity contribution in [2.24, 2.45) is 0 Å². The molecule has 3 rings (SSSR count). The highest BCUT2D eigenvalue weighted by Crippen LogP contribution is 2.33. The van der Waals surface area contributed by atoms with Gasteiger partial charge in [0.25, 0.3) is 0 Å². The van der Waals surface area contributed by atoms with Crippen molar-refractivity contribution in [1.82, 2.24) is 4.98 Å². The number of H-pyrrole nitrogens is 1. The second-order valence-electron chi connectivity index (χ2n) is 5.34. The Labute approximate surface area is 130 Å². The van der Waals surface area contributed by atoms with E-state index in [1.807, 2.05) is 42.6 Å². The van der Waals surface area contributed by atoms with Crippen molar-refractivity contribution in [2.45, 2.75) is 26.4 Å². The smallest absolute Gasteiger partial charge is 0.163 e. The van der Waals surface area contributed by atoms with Crippen LogP contribution in [-0.2, 0) is 6.61 Å². The number of hydrogen-bond donors (Lipinski definition) is 1. The predicted octanol–water partition coefficient (Wildman–Crippen LogP) is 4.93. The first-order valence-electron chi connectivity index (χ1n) is 7.77. The van der Waals surface area contributed by atoms with Crippen LogP contribution in [0.3, 0.4) is 0 Å². The van der Waals surface area contributed by atoms with Gasteiger partial charge in [-0.15, -0.1) is 0 Å². The van der Waals surface area contributed by atoms with Gasteiger partial charge < -0.3 is 14.5 Å². The normalized spacial score (nSPS) is 10.8. The predicted molar refractivity (Wildman–Crippen MR) is 89.5 cm³/mol. The monoisotopic (exact) mass is 295 g/mol. The minimum Gasteiger partial charge on any atom is -0.490 e. The Balaban J connectivity index is 1.80. The molecule has 0 atom stereocenters. The number of ether oxygens (including phenoxy) is 2. The van der Waals surface area contributed by atoms with Gasteiger partial charge in [0, 0.05) is 23.2 Å². The summed E-state index contributed by atoms with van der Waals surface area (Å²) in [5.41, 5.74) is 2.21. The highest BCUT2D eigenvalue weighted by atomic mass is 16.5. The van der Waals surface area contributed by atoms with E-state index in [9.17, 15) is 0 Å². The molecular weight excluding hydrogens is 274 g/mol. The SMILES string of the molecule is CCCCOc1cc2cc[nH]c2cc1OCc1ccccc1. The van der Waals surface area contributed by atoms with Crippen LogP contribution >= 0.6 is 0 Å². The number of hydrogen-bond acceptors (Lipinski definition) is 2. The number of benzene rings is 2. The van der Waals surface area contributed by atoms with Crippen LogP contribution in [0.2, 0.25) is 0 Å².